The molecule has 1 heterocycles. The number of hydrogen-bond acceptors (Lipinski definition) is 3. The lowest BCUT2D eigenvalue weighted by Crippen LogP contribution is -2.27. The highest BCUT2D eigenvalue weighted by atomic mass is 16.3. The van der Waals surface area contributed by atoms with Gasteiger partial charge in [0.25, 0.3) is 0 Å². The minimum absolute atomic E-state index is 0.0852. The van der Waals surface area contributed by atoms with Gasteiger partial charge in [-0.15, -0.1) is 0 Å². The molecule has 0 bridgehead atoms. The van der Waals surface area contributed by atoms with Crippen molar-refractivity contribution in [3.63, 3.8) is 0 Å². The maximum Gasteiger partial charge on any atom is 0.125 e. The average molecular weight is 337 g/mol. The summed E-state index contributed by atoms with van der Waals surface area (Å²) in [5.74, 6) is 0.951. The molecule has 0 atom stereocenters. The minimum atomic E-state index is 0.0852. The van der Waals surface area contributed by atoms with Crippen LogP contribution in [0.15, 0.2) is 17.1 Å². The fraction of sp³-hybridized carbons (Fsp3) is 0.857. The summed E-state index contributed by atoms with van der Waals surface area (Å²) in [6.07, 6.45) is 23.7. The van der Waals surface area contributed by atoms with Crippen molar-refractivity contribution in [3.8, 4) is 0 Å². The second-order valence-corrected chi connectivity index (χ2v) is 7.08. The first-order valence-electron chi connectivity index (χ1n) is 10.4. The topological polar surface area (TPSA) is 35.8 Å². The first-order chi connectivity index (χ1) is 11.9. The van der Waals surface area contributed by atoms with E-state index in [0.29, 0.717) is 0 Å². The summed E-state index contributed by atoms with van der Waals surface area (Å²) < 4.78 is 0. The van der Waals surface area contributed by atoms with Crippen LogP contribution in [-0.4, -0.2) is 35.7 Å². The largest absolute Gasteiger partial charge is 0.376 e. The van der Waals surface area contributed by atoms with Gasteiger partial charge in [-0.1, -0.05) is 90.0 Å². The summed E-state index contributed by atoms with van der Waals surface area (Å²) in [5, 5.41) is 9.17. The van der Waals surface area contributed by atoms with Crippen molar-refractivity contribution in [1.82, 2.24) is 4.90 Å². The molecule has 1 N–H and O–H groups in total. The summed E-state index contributed by atoms with van der Waals surface area (Å²) in [5.41, 5.74) is 0. The highest BCUT2D eigenvalue weighted by molar-refractivity contribution is 5.93. The van der Waals surface area contributed by atoms with Gasteiger partial charge in [-0.05, 0) is 18.9 Å². The molecule has 1 aliphatic rings. The van der Waals surface area contributed by atoms with E-state index in [2.05, 4.69) is 24.1 Å². The Hall–Kier alpha value is -0.830. The van der Waals surface area contributed by atoms with E-state index in [9.17, 15) is 5.11 Å². The second-order valence-electron chi connectivity index (χ2n) is 7.08. The van der Waals surface area contributed by atoms with Crippen molar-refractivity contribution in [3.05, 3.63) is 12.2 Å². The molecule has 0 aliphatic carbocycles. The Labute approximate surface area is 150 Å². The van der Waals surface area contributed by atoms with Gasteiger partial charge >= 0.3 is 0 Å². The Morgan fingerprint density at radius 2 is 1.42 bits per heavy atom. The van der Waals surface area contributed by atoms with Gasteiger partial charge in [-0.2, -0.15) is 0 Å². The Kier molecular flexibility index (Phi) is 13.9. The molecule has 0 spiro atoms. The van der Waals surface area contributed by atoms with E-state index < -0.39 is 0 Å². The third-order valence-corrected chi connectivity index (χ3v) is 4.88. The molecule has 0 saturated heterocycles. The normalized spacial score (nSPS) is 14.8. The molecule has 0 unspecified atom stereocenters. The molecule has 0 radical (unpaired) electrons. The second kappa shape index (κ2) is 15.7. The van der Waals surface area contributed by atoms with Crippen LogP contribution >= 0.6 is 0 Å². The molecule has 1 rings (SSSR count). The predicted molar refractivity (Wildman–Crippen MR) is 106 cm³/mol. The number of aliphatic imine (C=N–C) groups is 1. The van der Waals surface area contributed by atoms with E-state index in [1.54, 1.807) is 0 Å². The number of nitrogens with zero attached hydrogens (tertiary/aromatic N) is 2. The van der Waals surface area contributed by atoms with E-state index in [4.69, 9.17) is 0 Å². The van der Waals surface area contributed by atoms with Gasteiger partial charge in [0, 0.05) is 6.54 Å². The van der Waals surface area contributed by atoms with Gasteiger partial charge in [-0.25, -0.2) is 0 Å². The molecular formula is C21H40N2O. The number of aliphatic hydroxyl groups excluding tert-OH is 1. The van der Waals surface area contributed by atoms with E-state index in [1.807, 2.05) is 4.90 Å². The summed E-state index contributed by atoms with van der Waals surface area (Å²) in [6.45, 7) is 4.04. The monoisotopic (exact) mass is 336 g/mol. The number of amidine groups is 1. The van der Waals surface area contributed by atoms with E-state index in [0.717, 1.165) is 25.3 Å². The van der Waals surface area contributed by atoms with E-state index in [1.165, 1.54) is 83.5 Å². The quantitative estimate of drug-likeness (QED) is 0.368. The lowest BCUT2D eigenvalue weighted by atomic mass is 10.0. The van der Waals surface area contributed by atoms with Gasteiger partial charge in [-0.3, -0.25) is 4.99 Å². The molecule has 0 aromatic carbocycles. The summed E-state index contributed by atoms with van der Waals surface area (Å²) in [4.78, 5) is 6.30. The van der Waals surface area contributed by atoms with Crippen LogP contribution in [0, 0.1) is 0 Å². The Bertz CT molecular complexity index is 339. The molecule has 0 aromatic rings. The fourth-order valence-electron chi connectivity index (χ4n) is 3.27. The molecule has 0 aromatic heterocycles. The van der Waals surface area contributed by atoms with Crippen molar-refractivity contribution in [2.75, 3.05) is 19.8 Å². The van der Waals surface area contributed by atoms with Crippen LogP contribution in [0.1, 0.15) is 96.8 Å². The molecular weight excluding hydrogens is 296 g/mol. The third-order valence-electron chi connectivity index (χ3n) is 4.88. The number of unbranched alkanes of at least 4 members (excludes halogenated alkanes) is 13. The number of hydrogen-bond donors (Lipinski definition) is 1. The molecule has 0 saturated carbocycles. The lowest BCUT2D eigenvalue weighted by Gasteiger charge is -2.13. The van der Waals surface area contributed by atoms with Crippen LogP contribution in [0.3, 0.4) is 0 Å². The molecule has 0 amide bonds. The fourth-order valence-corrected chi connectivity index (χ4v) is 3.27. The number of allylic oxidation sites excluding steroid dienone is 1. The average Bonchev–Trinajstić information content (AvgIpc) is 3.06. The number of rotatable bonds is 16. The van der Waals surface area contributed by atoms with Crippen LogP contribution in [0.2, 0.25) is 0 Å². The summed E-state index contributed by atoms with van der Waals surface area (Å²) in [6, 6.07) is 0. The van der Waals surface area contributed by atoms with Crippen molar-refractivity contribution in [2.45, 2.75) is 96.8 Å². The standard InChI is InChI=1S/C21H40N2O/c1-2-3-4-5-6-7-8-9-10-11-12-13-14-15-16-17-21-22-18-19-23(21)20-24/h16-17,24H,2-15,18-20H2,1H3. The van der Waals surface area contributed by atoms with Gasteiger partial charge in [0.15, 0.2) is 0 Å². The molecule has 1 aliphatic heterocycles. The van der Waals surface area contributed by atoms with Gasteiger partial charge < -0.3 is 10.0 Å². The van der Waals surface area contributed by atoms with Crippen molar-refractivity contribution in [2.24, 2.45) is 4.99 Å². The highest BCUT2D eigenvalue weighted by Crippen LogP contribution is 2.13. The zero-order valence-electron chi connectivity index (χ0n) is 16.0. The predicted octanol–water partition coefficient (Wildman–Crippen LogP) is 5.69. The number of aliphatic hydroxyl groups is 1. The maximum absolute atomic E-state index is 9.17. The van der Waals surface area contributed by atoms with Crippen LogP contribution < -0.4 is 0 Å². The lowest BCUT2D eigenvalue weighted by molar-refractivity contribution is 0.180. The first kappa shape index (κ1) is 21.2. The molecule has 24 heavy (non-hydrogen) atoms. The van der Waals surface area contributed by atoms with Gasteiger partial charge in [0.2, 0.25) is 0 Å². The maximum atomic E-state index is 9.17. The SMILES string of the molecule is CCCCCCCCCCCCCCCC=CC1=NCCN1CO. The Balaban J connectivity index is 1.79. The van der Waals surface area contributed by atoms with Crippen LogP contribution in [0.25, 0.3) is 0 Å². The summed E-state index contributed by atoms with van der Waals surface area (Å²) in [7, 11) is 0. The Morgan fingerprint density at radius 1 is 0.875 bits per heavy atom. The molecule has 3 heteroatoms. The van der Waals surface area contributed by atoms with E-state index >= 15 is 0 Å². The van der Waals surface area contributed by atoms with E-state index in [-0.39, 0.29) is 6.73 Å². The molecule has 0 fully saturated rings. The minimum Gasteiger partial charge on any atom is -0.376 e. The van der Waals surface area contributed by atoms with Gasteiger partial charge in [0.1, 0.15) is 12.6 Å². The van der Waals surface area contributed by atoms with Gasteiger partial charge in [0.05, 0.1) is 6.54 Å². The Morgan fingerprint density at radius 3 is 1.96 bits per heavy atom. The van der Waals surface area contributed by atoms with Crippen LogP contribution in [0.4, 0.5) is 0 Å². The van der Waals surface area contributed by atoms with Crippen molar-refractivity contribution in [1.29, 1.82) is 0 Å². The molecule has 140 valence electrons. The zero-order chi connectivity index (χ0) is 17.3. The zero-order valence-corrected chi connectivity index (χ0v) is 16.0. The third kappa shape index (κ3) is 10.9. The summed E-state index contributed by atoms with van der Waals surface area (Å²) >= 11 is 0. The smallest absolute Gasteiger partial charge is 0.125 e. The van der Waals surface area contributed by atoms with Crippen LogP contribution in [-0.2, 0) is 0 Å². The molecule has 3 nitrogen and oxygen atoms in total. The van der Waals surface area contributed by atoms with Crippen molar-refractivity contribution >= 4 is 5.84 Å². The van der Waals surface area contributed by atoms with Crippen molar-refractivity contribution < 1.29 is 5.11 Å². The highest BCUT2D eigenvalue weighted by Gasteiger charge is 2.11. The first-order valence-corrected chi connectivity index (χ1v) is 10.4. The van der Waals surface area contributed by atoms with Crippen LogP contribution in [0.5, 0.6) is 0 Å².